The van der Waals surface area contributed by atoms with E-state index < -0.39 is 0 Å². The zero-order valence-corrected chi connectivity index (χ0v) is 7.99. The van der Waals surface area contributed by atoms with E-state index >= 15 is 0 Å². The van der Waals surface area contributed by atoms with Crippen molar-refractivity contribution < 1.29 is 0 Å². The van der Waals surface area contributed by atoms with Crippen LogP contribution in [0.2, 0.25) is 0 Å². The van der Waals surface area contributed by atoms with Crippen molar-refractivity contribution in [3.63, 3.8) is 0 Å². The summed E-state index contributed by atoms with van der Waals surface area (Å²) in [6.45, 7) is 2.04. The lowest BCUT2D eigenvalue weighted by Crippen LogP contribution is -1.91. The van der Waals surface area contributed by atoms with Gasteiger partial charge in [0.15, 0.2) is 0 Å². The monoisotopic (exact) mass is 182 g/mol. The maximum absolute atomic E-state index is 4.32. The molecule has 1 aromatic heterocycles. The first-order chi connectivity index (χ1) is 6.86. The van der Waals surface area contributed by atoms with E-state index in [-0.39, 0.29) is 0 Å². The number of aryl methyl sites for hydroxylation is 1. The van der Waals surface area contributed by atoms with Gasteiger partial charge in [-0.1, -0.05) is 24.3 Å². The van der Waals surface area contributed by atoms with E-state index in [1.807, 2.05) is 6.92 Å². The van der Waals surface area contributed by atoms with Crippen molar-refractivity contribution in [1.29, 1.82) is 0 Å². The summed E-state index contributed by atoms with van der Waals surface area (Å²) in [6.07, 6.45) is 2.61. The maximum Gasteiger partial charge on any atom is 0.115 e. The van der Waals surface area contributed by atoms with Crippen molar-refractivity contribution in [3.05, 3.63) is 47.5 Å². The molecular weight excluding hydrogens is 172 g/mol. The largest absolute Gasteiger partial charge is 0.241 e. The second-order valence-corrected chi connectivity index (χ2v) is 3.61. The standard InChI is InChI=1S/C12H10N2/c1-8-12-10-5-3-2-4-9(10)6-11(12)14-7-13-8/h2-5,7H,6H2,1H3. The van der Waals surface area contributed by atoms with Crippen molar-refractivity contribution in [2.45, 2.75) is 13.3 Å². The van der Waals surface area contributed by atoms with Crippen LogP contribution in [0.15, 0.2) is 30.6 Å². The number of rotatable bonds is 0. The van der Waals surface area contributed by atoms with Crippen molar-refractivity contribution in [1.82, 2.24) is 9.97 Å². The van der Waals surface area contributed by atoms with E-state index in [1.54, 1.807) is 6.33 Å². The highest BCUT2D eigenvalue weighted by Crippen LogP contribution is 2.36. The molecule has 0 atom stereocenters. The van der Waals surface area contributed by atoms with Crippen LogP contribution in [0.25, 0.3) is 11.1 Å². The first-order valence-corrected chi connectivity index (χ1v) is 4.75. The lowest BCUT2D eigenvalue weighted by Gasteiger charge is -2.02. The molecule has 1 aliphatic rings. The Bertz CT molecular complexity index is 503. The number of benzene rings is 1. The Morgan fingerprint density at radius 3 is 2.93 bits per heavy atom. The summed E-state index contributed by atoms with van der Waals surface area (Å²) in [5, 5.41) is 0. The smallest absolute Gasteiger partial charge is 0.115 e. The molecule has 0 saturated carbocycles. The Labute approximate surface area is 82.7 Å². The molecule has 0 fully saturated rings. The predicted octanol–water partition coefficient (Wildman–Crippen LogP) is 2.36. The number of nitrogens with zero attached hydrogens (tertiary/aromatic N) is 2. The van der Waals surface area contributed by atoms with Gasteiger partial charge < -0.3 is 0 Å². The molecule has 2 nitrogen and oxygen atoms in total. The fourth-order valence-corrected chi connectivity index (χ4v) is 2.11. The molecule has 0 saturated heterocycles. The minimum Gasteiger partial charge on any atom is -0.241 e. The van der Waals surface area contributed by atoms with Crippen LogP contribution in [0, 0.1) is 6.92 Å². The lowest BCUT2D eigenvalue weighted by atomic mass is 10.1. The molecule has 2 heteroatoms. The SMILES string of the molecule is Cc1ncnc2c1-c1ccccc1C2. The van der Waals surface area contributed by atoms with Gasteiger partial charge in [-0.25, -0.2) is 9.97 Å². The molecule has 0 aliphatic heterocycles. The van der Waals surface area contributed by atoms with Crippen LogP contribution in [-0.4, -0.2) is 9.97 Å². The second-order valence-electron chi connectivity index (χ2n) is 3.61. The van der Waals surface area contributed by atoms with E-state index in [0.717, 1.165) is 12.1 Å². The molecule has 68 valence electrons. The molecule has 1 aliphatic carbocycles. The van der Waals surface area contributed by atoms with E-state index in [4.69, 9.17) is 0 Å². The van der Waals surface area contributed by atoms with E-state index in [2.05, 4.69) is 34.2 Å². The van der Waals surface area contributed by atoms with Gasteiger partial charge in [-0.2, -0.15) is 0 Å². The third-order valence-corrected chi connectivity index (χ3v) is 2.76. The molecule has 0 amide bonds. The highest BCUT2D eigenvalue weighted by atomic mass is 14.8. The van der Waals surface area contributed by atoms with Crippen molar-refractivity contribution in [2.75, 3.05) is 0 Å². The number of aromatic nitrogens is 2. The molecule has 0 bridgehead atoms. The summed E-state index contributed by atoms with van der Waals surface area (Å²) >= 11 is 0. The van der Waals surface area contributed by atoms with Gasteiger partial charge in [-0.15, -0.1) is 0 Å². The highest BCUT2D eigenvalue weighted by molar-refractivity contribution is 5.76. The number of hydrogen-bond donors (Lipinski definition) is 0. The molecule has 0 unspecified atom stereocenters. The minimum atomic E-state index is 0.953. The van der Waals surface area contributed by atoms with Crippen LogP contribution in [-0.2, 0) is 6.42 Å². The summed E-state index contributed by atoms with van der Waals surface area (Å²) < 4.78 is 0. The van der Waals surface area contributed by atoms with Crippen LogP contribution >= 0.6 is 0 Å². The topological polar surface area (TPSA) is 25.8 Å². The van der Waals surface area contributed by atoms with Gasteiger partial charge in [0, 0.05) is 17.7 Å². The first kappa shape index (κ1) is 7.68. The molecule has 0 spiro atoms. The zero-order chi connectivity index (χ0) is 9.54. The minimum absolute atomic E-state index is 0.953. The Balaban J connectivity index is 2.35. The van der Waals surface area contributed by atoms with Crippen LogP contribution in [0.1, 0.15) is 17.0 Å². The fourth-order valence-electron chi connectivity index (χ4n) is 2.11. The first-order valence-electron chi connectivity index (χ1n) is 4.75. The fraction of sp³-hybridized carbons (Fsp3) is 0.167. The summed E-state index contributed by atoms with van der Waals surface area (Å²) in [5.74, 6) is 0. The van der Waals surface area contributed by atoms with E-state index in [1.165, 1.54) is 22.4 Å². The van der Waals surface area contributed by atoms with Gasteiger partial charge in [-0.05, 0) is 18.1 Å². The Morgan fingerprint density at radius 2 is 2.00 bits per heavy atom. The normalized spacial score (nSPS) is 12.4. The lowest BCUT2D eigenvalue weighted by molar-refractivity contribution is 1.04. The molecular formula is C12H10N2. The van der Waals surface area contributed by atoms with Gasteiger partial charge in [0.25, 0.3) is 0 Å². The molecule has 2 aromatic rings. The molecule has 1 heterocycles. The average molecular weight is 182 g/mol. The van der Waals surface area contributed by atoms with Crippen molar-refractivity contribution in [3.8, 4) is 11.1 Å². The van der Waals surface area contributed by atoms with E-state index in [0.29, 0.717) is 0 Å². The Morgan fingerprint density at radius 1 is 1.14 bits per heavy atom. The maximum atomic E-state index is 4.32. The van der Waals surface area contributed by atoms with Crippen LogP contribution < -0.4 is 0 Å². The zero-order valence-electron chi connectivity index (χ0n) is 7.99. The van der Waals surface area contributed by atoms with E-state index in [9.17, 15) is 0 Å². The molecule has 0 radical (unpaired) electrons. The third-order valence-electron chi connectivity index (χ3n) is 2.76. The number of fused-ring (bicyclic) bond motifs is 3. The second kappa shape index (κ2) is 2.64. The molecule has 1 aromatic carbocycles. The van der Waals surface area contributed by atoms with Gasteiger partial charge in [0.2, 0.25) is 0 Å². The Kier molecular flexibility index (Phi) is 1.45. The average Bonchev–Trinajstić information content (AvgIpc) is 2.57. The van der Waals surface area contributed by atoms with Crippen molar-refractivity contribution in [2.24, 2.45) is 0 Å². The van der Waals surface area contributed by atoms with Gasteiger partial charge in [0.05, 0.1) is 5.69 Å². The molecule has 14 heavy (non-hydrogen) atoms. The summed E-state index contributed by atoms with van der Waals surface area (Å²) in [5.41, 5.74) is 6.16. The van der Waals surface area contributed by atoms with Crippen LogP contribution in [0.3, 0.4) is 0 Å². The molecule has 0 N–H and O–H groups in total. The number of hydrogen-bond acceptors (Lipinski definition) is 2. The summed E-state index contributed by atoms with van der Waals surface area (Å²) in [4.78, 5) is 8.56. The van der Waals surface area contributed by atoms with Gasteiger partial charge >= 0.3 is 0 Å². The van der Waals surface area contributed by atoms with Gasteiger partial charge in [-0.3, -0.25) is 0 Å². The summed E-state index contributed by atoms with van der Waals surface area (Å²) in [7, 11) is 0. The van der Waals surface area contributed by atoms with Crippen LogP contribution in [0.4, 0.5) is 0 Å². The van der Waals surface area contributed by atoms with Crippen molar-refractivity contribution >= 4 is 0 Å². The Hall–Kier alpha value is -1.70. The quantitative estimate of drug-likeness (QED) is 0.533. The highest BCUT2D eigenvalue weighted by Gasteiger charge is 2.20. The van der Waals surface area contributed by atoms with Crippen LogP contribution in [0.5, 0.6) is 0 Å². The van der Waals surface area contributed by atoms with Gasteiger partial charge in [0.1, 0.15) is 6.33 Å². The predicted molar refractivity (Wildman–Crippen MR) is 55.0 cm³/mol. The summed E-state index contributed by atoms with van der Waals surface area (Å²) in [6, 6.07) is 8.46. The third kappa shape index (κ3) is 0.909. The molecule has 3 rings (SSSR count).